The van der Waals surface area contributed by atoms with Gasteiger partial charge in [0.15, 0.2) is 0 Å². The van der Waals surface area contributed by atoms with E-state index in [4.69, 9.17) is 27.9 Å². The lowest BCUT2D eigenvalue weighted by Gasteiger charge is -2.19. The van der Waals surface area contributed by atoms with Crippen molar-refractivity contribution in [2.75, 3.05) is 0 Å². The highest BCUT2D eigenvalue weighted by Crippen LogP contribution is 2.26. The van der Waals surface area contributed by atoms with Crippen LogP contribution in [0.1, 0.15) is 20.8 Å². The van der Waals surface area contributed by atoms with Crippen LogP contribution in [0.4, 0.5) is 4.79 Å². The van der Waals surface area contributed by atoms with Crippen molar-refractivity contribution in [3.63, 3.8) is 0 Å². The van der Waals surface area contributed by atoms with E-state index >= 15 is 0 Å². The SMILES string of the molecule is CC(C)(C)OC(=O)n1c(=O)[nH]c2c(Cl)cc(Cl)cc21. The van der Waals surface area contributed by atoms with E-state index in [0.717, 1.165) is 4.57 Å². The Morgan fingerprint density at radius 3 is 2.53 bits per heavy atom. The Morgan fingerprint density at radius 1 is 1.32 bits per heavy atom. The molecule has 0 amide bonds. The van der Waals surface area contributed by atoms with Gasteiger partial charge in [0.2, 0.25) is 0 Å². The quantitative estimate of drug-likeness (QED) is 0.811. The molecule has 0 atom stereocenters. The fraction of sp³-hybridized carbons (Fsp3) is 0.333. The Labute approximate surface area is 119 Å². The summed E-state index contributed by atoms with van der Waals surface area (Å²) in [6.45, 7) is 5.14. The fourth-order valence-electron chi connectivity index (χ4n) is 1.62. The van der Waals surface area contributed by atoms with E-state index in [0.29, 0.717) is 10.5 Å². The topological polar surface area (TPSA) is 64.1 Å². The molecule has 102 valence electrons. The Morgan fingerprint density at radius 2 is 1.95 bits per heavy atom. The lowest BCUT2D eigenvalue weighted by Crippen LogP contribution is -2.32. The van der Waals surface area contributed by atoms with Crippen LogP contribution in [-0.4, -0.2) is 21.2 Å². The maximum atomic E-state index is 12.0. The molecule has 7 heteroatoms. The Hall–Kier alpha value is -1.46. The molecule has 0 unspecified atom stereocenters. The molecule has 0 radical (unpaired) electrons. The van der Waals surface area contributed by atoms with Crippen molar-refractivity contribution < 1.29 is 9.53 Å². The molecule has 0 bridgehead atoms. The normalized spacial score (nSPS) is 11.8. The zero-order valence-corrected chi connectivity index (χ0v) is 12.1. The number of carbonyl (C=O) groups excluding carboxylic acids is 1. The summed E-state index contributed by atoms with van der Waals surface area (Å²) in [4.78, 5) is 26.4. The first-order valence-corrected chi connectivity index (χ1v) is 6.28. The van der Waals surface area contributed by atoms with Crippen LogP contribution in [0.5, 0.6) is 0 Å². The largest absolute Gasteiger partial charge is 0.443 e. The number of halogens is 2. The highest BCUT2D eigenvalue weighted by Gasteiger charge is 2.22. The van der Waals surface area contributed by atoms with Crippen LogP contribution >= 0.6 is 23.2 Å². The van der Waals surface area contributed by atoms with E-state index in [-0.39, 0.29) is 10.5 Å². The van der Waals surface area contributed by atoms with Crippen LogP contribution in [0.2, 0.25) is 10.0 Å². The second-order valence-corrected chi connectivity index (χ2v) is 5.87. The number of aromatic amines is 1. The van der Waals surface area contributed by atoms with Crippen LogP contribution in [0.15, 0.2) is 16.9 Å². The second kappa shape index (κ2) is 4.58. The first kappa shape index (κ1) is 14.0. The summed E-state index contributed by atoms with van der Waals surface area (Å²) in [5.41, 5.74) is -0.685. The number of imidazole rings is 1. The smallest absolute Gasteiger partial charge is 0.423 e. The van der Waals surface area contributed by atoms with Gasteiger partial charge >= 0.3 is 11.8 Å². The van der Waals surface area contributed by atoms with Crippen LogP contribution in [0, 0.1) is 0 Å². The maximum absolute atomic E-state index is 12.0. The predicted molar refractivity (Wildman–Crippen MR) is 74.2 cm³/mol. The minimum Gasteiger partial charge on any atom is -0.443 e. The zero-order valence-electron chi connectivity index (χ0n) is 10.6. The molecule has 5 nitrogen and oxygen atoms in total. The highest BCUT2D eigenvalue weighted by atomic mass is 35.5. The van der Waals surface area contributed by atoms with Crippen molar-refractivity contribution in [3.8, 4) is 0 Å². The molecule has 0 fully saturated rings. The van der Waals surface area contributed by atoms with Crippen molar-refractivity contribution in [1.29, 1.82) is 0 Å². The number of nitrogens with zero attached hydrogens (tertiary/aromatic N) is 1. The van der Waals surface area contributed by atoms with Crippen LogP contribution < -0.4 is 5.69 Å². The zero-order chi connectivity index (χ0) is 14.4. The molecule has 1 heterocycles. The third-order valence-electron chi connectivity index (χ3n) is 2.29. The van der Waals surface area contributed by atoms with E-state index in [9.17, 15) is 9.59 Å². The maximum Gasteiger partial charge on any atom is 0.423 e. The number of nitrogens with one attached hydrogen (secondary N) is 1. The number of ether oxygens (including phenoxy) is 1. The summed E-state index contributed by atoms with van der Waals surface area (Å²) in [5, 5.41) is 0.593. The Bertz CT molecular complexity index is 710. The van der Waals surface area contributed by atoms with Gasteiger partial charge < -0.3 is 9.72 Å². The molecule has 2 aromatic rings. The molecule has 1 aromatic heterocycles. The van der Waals surface area contributed by atoms with Gasteiger partial charge in [0.05, 0.1) is 16.1 Å². The average molecular weight is 303 g/mol. The molecule has 0 aliphatic rings. The van der Waals surface area contributed by atoms with E-state index in [2.05, 4.69) is 4.98 Å². The number of fused-ring (bicyclic) bond motifs is 1. The summed E-state index contributed by atoms with van der Waals surface area (Å²) < 4.78 is 6.04. The molecule has 0 saturated heterocycles. The van der Waals surface area contributed by atoms with E-state index < -0.39 is 17.4 Å². The predicted octanol–water partition coefficient (Wildman–Crippen LogP) is 3.42. The van der Waals surface area contributed by atoms with Gasteiger partial charge in [-0.3, -0.25) is 0 Å². The lowest BCUT2D eigenvalue weighted by molar-refractivity contribution is 0.0538. The fourth-order valence-corrected chi connectivity index (χ4v) is 2.15. The van der Waals surface area contributed by atoms with Crippen LogP contribution in [-0.2, 0) is 4.74 Å². The molecular weight excluding hydrogens is 291 g/mol. The third-order valence-corrected chi connectivity index (χ3v) is 2.80. The molecule has 0 saturated carbocycles. The highest BCUT2D eigenvalue weighted by molar-refractivity contribution is 6.38. The van der Waals surface area contributed by atoms with Crippen molar-refractivity contribution in [1.82, 2.24) is 9.55 Å². The molecule has 1 N–H and O–H groups in total. The summed E-state index contributed by atoms with van der Waals surface area (Å²) in [6, 6.07) is 2.96. The molecule has 0 aliphatic heterocycles. The van der Waals surface area contributed by atoms with Gasteiger partial charge in [-0.2, -0.15) is 4.57 Å². The minimum absolute atomic E-state index is 0.266. The third kappa shape index (κ3) is 2.77. The standard InChI is InChI=1S/C12H12Cl2N2O3/c1-12(2,3)19-11(18)16-8-5-6(13)4-7(14)9(8)15-10(16)17/h4-5H,1-3H3,(H,15,17). The number of hydrogen-bond acceptors (Lipinski definition) is 3. The summed E-state index contributed by atoms with van der Waals surface area (Å²) in [5.74, 6) is 0. The van der Waals surface area contributed by atoms with Crippen molar-refractivity contribution >= 4 is 40.3 Å². The van der Waals surface area contributed by atoms with Gasteiger partial charge in [0.1, 0.15) is 5.60 Å². The first-order chi connectivity index (χ1) is 8.69. The van der Waals surface area contributed by atoms with Gasteiger partial charge in [-0.1, -0.05) is 23.2 Å². The summed E-state index contributed by atoms with van der Waals surface area (Å²) in [7, 11) is 0. The van der Waals surface area contributed by atoms with E-state index in [1.165, 1.54) is 12.1 Å². The van der Waals surface area contributed by atoms with Crippen molar-refractivity contribution in [2.24, 2.45) is 0 Å². The van der Waals surface area contributed by atoms with Gasteiger partial charge in [-0.25, -0.2) is 9.59 Å². The molecule has 19 heavy (non-hydrogen) atoms. The second-order valence-electron chi connectivity index (χ2n) is 5.03. The van der Waals surface area contributed by atoms with Gasteiger partial charge in [-0.15, -0.1) is 0 Å². The molecule has 0 aliphatic carbocycles. The molecule has 0 spiro atoms. The van der Waals surface area contributed by atoms with Crippen LogP contribution in [0.3, 0.4) is 0 Å². The Kier molecular flexibility index (Phi) is 3.36. The van der Waals surface area contributed by atoms with Crippen molar-refractivity contribution in [2.45, 2.75) is 26.4 Å². The number of benzene rings is 1. The average Bonchev–Trinajstić information content (AvgIpc) is 2.52. The molecular formula is C12H12Cl2N2O3. The number of hydrogen-bond donors (Lipinski definition) is 1. The molecule has 1 aromatic carbocycles. The monoisotopic (exact) mass is 302 g/mol. The minimum atomic E-state index is -0.776. The van der Waals surface area contributed by atoms with Crippen molar-refractivity contribution in [3.05, 3.63) is 32.7 Å². The van der Waals surface area contributed by atoms with Gasteiger partial charge in [0.25, 0.3) is 0 Å². The number of carbonyl (C=O) groups is 1. The van der Waals surface area contributed by atoms with Crippen LogP contribution in [0.25, 0.3) is 11.0 Å². The first-order valence-electron chi connectivity index (χ1n) is 5.52. The Balaban J connectivity index is 2.64. The van der Waals surface area contributed by atoms with Gasteiger partial charge in [-0.05, 0) is 32.9 Å². The van der Waals surface area contributed by atoms with Gasteiger partial charge in [0, 0.05) is 5.02 Å². The summed E-state index contributed by atoms with van der Waals surface area (Å²) >= 11 is 11.8. The summed E-state index contributed by atoms with van der Waals surface area (Å²) in [6.07, 6.45) is -0.776. The van der Waals surface area contributed by atoms with E-state index in [1.54, 1.807) is 20.8 Å². The number of aromatic nitrogens is 2. The lowest BCUT2D eigenvalue weighted by atomic mass is 10.2. The number of rotatable bonds is 0. The number of H-pyrrole nitrogens is 1. The molecule has 2 rings (SSSR count). The van der Waals surface area contributed by atoms with E-state index in [1.807, 2.05) is 0 Å².